The van der Waals surface area contributed by atoms with Gasteiger partial charge in [0, 0.05) is 21.1 Å². The Hall–Kier alpha value is -0.330. The lowest BCUT2D eigenvalue weighted by molar-refractivity contribution is -0.116. The maximum atomic E-state index is 11.9. The van der Waals surface area contributed by atoms with E-state index < -0.39 is 0 Å². The maximum Gasteiger partial charge on any atom is 0.225 e. The van der Waals surface area contributed by atoms with Gasteiger partial charge in [0.15, 0.2) is 0 Å². The Morgan fingerprint density at radius 1 is 1.47 bits per heavy atom. The van der Waals surface area contributed by atoms with E-state index in [1.54, 1.807) is 12.1 Å². The summed E-state index contributed by atoms with van der Waals surface area (Å²) >= 11 is 8.02. The summed E-state index contributed by atoms with van der Waals surface area (Å²) in [7, 11) is 0. The first kappa shape index (κ1) is 16.7. The molecule has 0 heterocycles. The van der Waals surface area contributed by atoms with Crippen LogP contribution in [0.3, 0.4) is 0 Å². The van der Waals surface area contributed by atoms with E-state index >= 15 is 0 Å². The molecule has 1 aromatic carbocycles. The molecular formula is C14H20ClIN2O. The number of nitrogens with one attached hydrogen (secondary N) is 1. The zero-order valence-electron chi connectivity index (χ0n) is 11.5. The average Bonchev–Trinajstić information content (AvgIpc) is 2.19. The minimum absolute atomic E-state index is 0.0583. The Labute approximate surface area is 133 Å². The molecule has 19 heavy (non-hydrogen) atoms. The number of halogens is 2. The largest absolute Gasteiger partial charge is 0.327 e. The summed E-state index contributed by atoms with van der Waals surface area (Å²) in [5, 5.41) is 3.53. The molecule has 0 saturated carbocycles. The van der Waals surface area contributed by atoms with Crippen LogP contribution >= 0.6 is 34.2 Å². The van der Waals surface area contributed by atoms with E-state index in [0.29, 0.717) is 11.4 Å². The molecule has 0 bridgehead atoms. The monoisotopic (exact) mass is 394 g/mol. The maximum absolute atomic E-state index is 11.9. The SMILES string of the molecule is CC(C)(C)CC(N)CC(=O)Nc1ccc(Cl)cc1I. The van der Waals surface area contributed by atoms with Crippen LogP contribution in [-0.2, 0) is 4.79 Å². The number of rotatable bonds is 4. The van der Waals surface area contributed by atoms with Crippen molar-refractivity contribution in [2.75, 3.05) is 5.32 Å². The van der Waals surface area contributed by atoms with Crippen molar-refractivity contribution in [3.05, 3.63) is 26.8 Å². The van der Waals surface area contributed by atoms with E-state index in [1.165, 1.54) is 0 Å². The van der Waals surface area contributed by atoms with Crippen LogP contribution in [0.4, 0.5) is 5.69 Å². The second-order valence-electron chi connectivity index (χ2n) is 5.90. The van der Waals surface area contributed by atoms with Gasteiger partial charge in [-0.1, -0.05) is 32.4 Å². The van der Waals surface area contributed by atoms with E-state index in [1.807, 2.05) is 6.07 Å². The lowest BCUT2D eigenvalue weighted by Crippen LogP contribution is -2.31. The predicted molar refractivity (Wildman–Crippen MR) is 89.5 cm³/mol. The number of amides is 1. The van der Waals surface area contributed by atoms with Crippen LogP contribution in [0, 0.1) is 8.99 Å². The second kappa shape index (κ2) is 6.90. The van der Waals surface area contributed by atoms with E-state index in [4.69, 9.17) is 17.3 Å². The van der Waals surface area contributed by atoms with Crippen molar-refractivity contribution in [1.82, 2.24) is 0 Å². The highest BCUT2D eigenvalue weighted by Crippen LogP contribution is 2.24. The molecule has 3 N–H and O–H groups in total. The minimum Gasteiger partial charge on any atom is -0.327 e. The number of hydrogen-bond donors (Lipinski definition) is 2. The van der Waals surface area contributed by atoms with E-state index in [-0.39, 0.29) is 17.4 Å². The molecule has 0 radical (unpaired) electrons. The van der Waals surface area contributed by atoms with Gasteiger partial charge in [-0.15, -0.1) is 0 Å². The average molecular weight is 395 g/mol. The topological polar surface area (TPSA) is 55.1 Å². The summed E-state index contributed by atoms with van der Waals surface area (Å²) in [6.45, 7) is 6.35. The molecule has 0 spiro atoms. The molecule has 0 aliphatic heterocycles. The van der Waals surface area contributed by atoms with Crippen molar-refractivity contribution in [1.29, 1.82) is 0 Å². The molecule has 0 aliphatic rings. The highest BCUT2D eigenvalue weighted by Gasteiger charge is 2.18. The first-order chi connectivity index (χ1) is 8.67. The van der Waals surface area contributed by atoms with Crippen LogP contribution in [0.15, 0.2) is 18.2 Å². The smallest absolute Gasteiger partial charge is 0.225 e. The molecule has 0 aliphatic carbocycles. The van der Waals surface area contributed by atoms with Crippen molar-refractivity contribution in [2.45, 2.75) is 39.7 Å². The van der Waals surface area contributed by atoms with Crippen molar-refractivity contribution in [3.63, 3.8) is 0 Å². The van der Waals surface area contributed by atoms with Gasteiger partial charge in [-0.25, -0.2) is 0 Å². The van der Waals surface area contributed by atoms with Crippen molar-refractivity contribution in [2.24, 2.45) is 11.1 Å². The summed E-state index contributed by atoms with van der Waals surface area (Å²) in [4.78, 5) is 11.9. The van der Waals surface area contributed by atoms with Crippen LogP contribution < -0.4 is 11.1 Å². The Bertz CT molecular complexity index is 457. The number of hydrogen-bond acceptors (Lipinski definition) is 2. The van der Waals surface area contributed by atoms with Gasteiger partial charge in [0.2, 0.25) is 5.91 Å². The molecular weight excluding hydrogens is 375 g/mol. The number of carbonyl (C=O) groups is 1. The van der Waals surface area contributed by atoms with Gasteiger partial charge < -0.3 is 11.1 Å². The molecule has 5 heteroatoms. The Kier molecular flexibility index (Phi) is 6.08. The molecule has 1 unspecified atom stereocenters. The van der Waals surface area contributed by atoms with Gasteiger partial charge in [0.25, 0.3) is 0 Å². The quantitative estimate of drug-likeness (QED) is 0.757. The third kappa shape index (κ3) is 6.58. The Balaban J connectivity index is 2.56. The van der Waals surface area contributed by atoms with Crippen LogP contribution in [0.2, 0.25) is 5.02 Å². The predicted octanol–water partition coefficient (Wildman–Crippen LogP) is 4.04. The minimum atomic E-state index is -0.120. The van der Waals surface area contributed by atoms with Crippen LogP contribution in [0.5, 0.6) is 0 Å². The van der Waals surface area contributed by atoms with Crippen molar-refractivity contribution in [3.8, 4) is 0 Å². The number of nitrogens with two attached hydrogens (primary N) is 1. The normalized spacial score (nSPS) is 13.2. The highest BCUT2D eigenvalue weighted by atomic mass is 127. The molecule has 1 atom stereocenters. The zero-order chi connectivity index (χ0) is 14.6. The van der Waals surface area contributed by atoms with Gasteiger partial charge in [-0.3, -0.25) is 4.79 Å². The molecule has 0 saturated heterocycles. The number of anilines is 1. The molecule has 0 aromatic heterocycles. The summed E-state index contributed by atoms with van der Waals surface area (Å²) < 4.78 is 0.919. The van der Waals surface area contributed by atoms with Gasteiger partial charge in [0.05, 0.1) is 5.69 Å². The molecule has 1 aromatic rings. The van der Waals surface area contributed by atoms with E-state index in [0.717, 1.165) is 15.7 Å². The second-order valence-corrected chi connectivity index (χ2v) is 7.50. The molecule has 1 rings (SSSR count). The lowest BCUT2D eigenvalue weighted by Gasteiger charge is -2.22. The Morgan fingerprint density at radius 3 is 2.63 bits per heavy atom. The molecule has 1 amide bonds. The van der Waals surface area contributed by atoms with Crippen LogP contribution in [0.25, 0.3) is 0 Å². The molecule has 106 valence electrons. The van der Waals surface area contributed by atoms with Crippen molar-refractivity contribution < 1.29 is 4.79 Å². The summed E-state index contributed by atoms with van der Waals surface area (Å²) in [5.41, 5.74) is 6.90. The van der Waals surface area contributed by atoms with E-state index in [9.17, 15) is 4.79 Å². The summed E-state index contributed by atoms with van der Waals surface area (Å²) in [6.07, 6.45) is 1.15. The van der Waals surface area contributed by atoms with Gasteiger partial charge in [-0.2, -0.15) is 0 Å². The first-order valence-electron chi connectivity index (χ1n) is 6.18. The third-order valence-corrected chi connectivity index (χ3v) is 3.65. The lowest BCUT2D eigenvalue weighted by atomic mass is 9.87. The van der Waals surface area contributed by atoms with Crippen LogP contribution in [0.1, 0.15) is 33.6 Å². The van der Waals surface area contributed by atoms with Crippen LogP contribution in [-0.4, -0.2) is 11.9 Å². The van der Waals surface area contributed by atoms with Gasteiger partial charge >= 0.3 is 0 Å². The standard InChI is InChI=1S/C14H20ClIN2O/c1-14(2,3)8-10(17)7-13(19)18-12-5-4-9(15)6-11(12)16/h4-6,10H,7-8,17H2,1-3H3,(H,18,19). The van der Waals surface area contributed by atoms with Crippen molar-refractivity contribution >= 4 is 45.8 Å². The van der Waals surface area contributed by atoms with Gasteiger partial charge in [0.1, 0.15) is 0 Å². The fourth-order valence-corrected chi connectivity index (χ4v) is 2.90. The first-order valence-corrected chi connectivity index (χ1v) is 7.63. The summed E-state index contributed by atoms with van der Waals surface area (Å²) in [5.74, 6) is -0.0583. The molecule has 0 fully saturated rings. The van der Waals surface area contributed by atoms with E-state index in [2.05, 4.69) is 48.7 Å². The number of benzene rings is 1. The zero-order valence-corrected chi connectivity index (χ0v) is 14.4. The Morgan fingerprint density at radius 2 is 2.11 bits per heavy atom. The third-order valence-electron chi connectivity index (χ3n) is 2.53. The summed E-state index contributed by atoms with van der Waals surface area (Å²) in [6, 6.07) is 5.25. The fraction of sp³-hybridized carbons (Fsp3) is 0.500. The van der Waals surface area contributed by atoms with Gasteiger partial charge in [-0.05, 0) is 52.6 Å². The molecule has 3 nitrogen and oxygen atoms in total. The number of carbonyl (C=O) groups excluding carboxylic acids is 1. The highest BCUT2D eigenvalue weighted by molar-refractivity contribution is 14.1. The fourth-order valence-electron chi connectivity index (χ4n) is 1.89.